The normalized spacial score (nSPS) is 17.1. The van der Waals surface area contributed by atoms with Gasteiger partial charge >= 0.3 is 0 Å². The molecule has 7 heteroatoms. The van der Waals surface area contributed by atoms with Crippen molar-refractivity contribution in [2.45, 2.75) is 32.2 Å². The van der Waals surface area contributed by atoms with Gasteiger partial charge in [0.25, 0.3) is 5.91 Å². The molecule has 138 valence electrons. The number of ether oxygens (including phenoxy) is 1. The number of para-hydroxylation sites is 1. The highest BCUT2D eigenvalue weighted by Gasteiger charge is 2.29. The Morgan fingerprint density at radius 3 is 2.92 bits per heavy atom. The average Bonchev–Trinajstić information content (AvgIpc) is 3.09. The van der Waals surface area contributed by atoms with Gasteiger partial charge in [-0.2, -0.15) is 0 Å². The fraction of sp³-hybridized carbons (Fsp3) is 0.421. The molecule has 1 atom stereocenters. The molecule has 1 aliphatic rings. The molecule has 2 amide bonds. The molecule has 0 unspecified atom stereocenters. The van der Waals surface area contributed by atoms with Gasteiger partial charge in [0.2, 0.25) is 5.91 Å². The highest BCUT2D eigenvalue weighted by molar-refractivity contribution is 5.97. The minimum absolute atomic E-state index is 0.0354. The number of carbonyl (C=O) groups is 2. The Bertz CT molecular complexity index is 787. The van der Waals surface area contributed by atoms with Gasteiger partial charge in [-0.25, -0.2) is 4.98 Å². The molecule has 1 aromatic heterocycles. The topological polar surface area (TPSA) is 90.4 Å². The van der Waals surface area contributed by atoms with Crippen LogP contribution in [0.3, 0.4) is 0 Å². The van der Waals surface area contributed by atoms with Crippen molar-refractivity contribution in [2.75, 3.05) is 19.7 Å². The van der Waals surface area contributed by atoms with Crippen molar-refractivity contribution in [3.05, 3.63) is 48.0 Å². The predicted octanol–water partition coefficient (Wildman–Crippen LogP) is 1.79. The first kappa shape index (κ1) is 18.0. The van der Waals surface area contributed by atoms with E-state index in [2.05, 4.69) is 4.98 Å². The van der Waals surface area contributed by atoms with Crippen LogP contribution in [0.25, 0.3) is 0 Å². The SMILES string of the molecule is CCOc1ccccc1C(=O)N1CCC[C@H](c2nccn2CC(N)=O)C1. The molecule has 2 N–H and O–H groups in total. The second-order valence-electron chi connectivity index (χ2n) is 6.40. The molecule has 1 aliphatic heterocycles. The zero-order valence-electron chi connectivity index (χ0n) is 14.9. The summed E-state index contributed by atoms with van der Waals surface area (Å²) >= 11 is 0. The van der Waals surface area contributed by atoms with E-state index in [9.17, 15) is 9.59 Å². The summed E-state index contributed by atoms with van der Waals surface area (Å²) in [5, 5.41) is 0. The van der Waals surface area contributed by atoms with Crippen LogP contribution in [0.4, 0.5) is 0 Å². The van der Waals surface area contributed by atoms with Gasteiger partial charge in [0.05, 0.1) is 12.2 Å². The van der Waals surface area contributed by atoms with Gasteiger partial charge < -0.3 is 19.9 Å². The van der Waals surface area contributed by atoms with Crippen molar-refractivity contribution < 1.29 is 14.3 Å². The molecule has 1 fully saturated rings. The van der Waals surface area contributed by atoms with Gasteiger partial charge in [-0.1, -0.05) is 12.1 Å². The Morgan fingerprint density at radius 2 is 2.15 bits per heavy atom. The van der Waals surface area contributed by atoms with E-state index in [1.165, 1.54) is 0 Å². The first-order valence-corrected chi connectivity index (χ1v) is 8.90. The zero-order chi connectivity index (χ0) is 18.5. The minimum atomic E-state index is -0.404. The standard InChI is InChI=1S/C19H24N4O3/c1-2-26-16-8-4-3-7-15(16)19(25)23-10-5-6-14(12-23)18-21-9-11-22(18)13-17(20)24/h3-4,7-9,11,14H,2,5-6,10,12-13H2,1H3,(H2,20,24)/t14-/m0/s1. The fourth-order valence-electron chi connectivity index (χ4n) is 3.45. The average molecular weight is 356 g/mol. The van der Waals surface area contributed by atoms with Gasteiger partial charge in [-0.05, 0) is 31.9 Å². The Morgan fingerprint density at radius 1 is 1.35 bits per heavy atom. The number of benzene rings is 1. The summed E-state index contributed by atoms with van der Waals surface area (Å²) in [7, 11) is 0. The third-order valence-electron chi connectivity index (χ3n) is 4.56. The summed E-state index contributed by atoms with van der Waals surface area (Å²) in [4.78, 5) is 30.5. The number of primary amides is 1. The molecule has 0 radical (unpaired) electrons. The monoisotopic (exact) mass is 356 g/mol. The van der Waals surface area contributed by atoms with Crippen LogP contribution in [0.1, 0.15) is 41.9 Å². The van der Waals surface area contributed by atoms with Crippen molar-refractivity contribution in [3.63, 3.8) is 0 Å². The maximum atomic E-state index is 13.0. The van der Waals surface area contributed by atoms with Gasteiger partial charge in [0, 0.05) is 31.4 Å². The van der Waals surface area contributed by atoms with E-state index in [1.807, 2.05) is 30.0 Å². The molecular weight excluding hydrogens is 332 g/mol. The first-order chi connectivity index (χ1) is 12.6. The van der Waals surface area contributed by atoms with Crippen LogP contribution in [-0.4, -0.2) is 46.0 Å². The van der Waals surface area contributed by atoms with Crippen molar-refractivity contribution in [1.29, 1.82) is 0 Å². The maximum absolute atomic E-state index is 13.0. The zero-order valence-corrected chi connectivity index (χ0v) is 14.9. The van der Waals surface area contributed by atoms with Crippen LogP contribution in [0.15, 0.2) is 36.7 Å². The number of piperidine rings is 1. The molecule has 1 aromatic carbocycles. The second-order valence-corrected chi connectivity index (χ2v) is 6.40. The quantitative estimate of drug-likeness (QED) is 0.854. The molecule has 1 saturated heterocycles. The van der Waals surface area contributed by atoms with E-state index in [-0.39, 0.29) is 18.4 Å². The number of imidazole rings is 1. The number of rotatable bonds is 6. The van der Waals surface area contributed by atoms with Crippen LogP contribution in [0.5, 0.6) is 5.75 Å². The molecule has 3 rings (SSSR count). The lowest BCUT2D eigenvalue weighted by atomic mass is 9.96. The maximum Gasteiger partial charge on any atom is 0.257 e. The molecule has 0 aliphatic carbocycles. The van der Waals surface area contributed by atoms with Gasteiger partial charge in [0.1, 0.15) is 18.1 Å². The molecule has 2 aromatic rings. The first-order valence-electron chi connectivity index (χ1n) is 8.90. The van der Waals surface area contributed by atoms with Crippen LogP contribution in [-0.2, 0) is 11.3 Å². The van der Waals surface area contributed by atoms with Crippen molar-refractivity contribution in [1.82, 2.24) is 14.5 Å². The summed E-state index contributed by atoms with van der Waals surface area (Å²) in [6, 6.07) is 7.32. The summed E-state index contributed by atoms with van der Waals surface area (Å²) < 4.78 is 7.37. The smallest absolute Gasteiger partial charge is 0.257 e. The molecule has 0 bridgehead atoms. The number of nitrogens with zero attached hydrogens (tertiary/aromatic N) is 3. The highest BCUT2D eigenvalue weighted by Crippen LogP contribution is 2.28. The number of amides is 2. The van der Waals surface area contributed by atoms with Crippen LogP contribution >= 0.6 is 0 Å². The molecule has 2 heterocycles. The van der Waals surface area contributed by atoms with Crippen LogP contribution in [0, 0.1) is 0 Å². The lowest BCUT2D eigenvalue weighted by molar-refractivity contribution is -0.118. The Hall–Kier alpha value is -2.83. The Kier molecular flexibility index (Phi) is 5.55. The summed E-state index contributed by atoms with van der Waals surface area (Å²) in [6.45, 7) is 3.78. The van der Waals surface area contributed by atoms with E-state index in [4.69, 9.17) is 10.5 Å². The Labute approximate surface area is 152 Å². The number of aromatic nitrogens is 2. The molecule has 26 heavy (non-hydrogen) atoms. The largest absolute Gasteiger partial charge is 0.493 e. The number of likely N-dealkylation sites (tertiary alicyclic amines) is 1. The summed E-state index contributed by atoms with van der Waals surface area (Å²) in [6.07, 6.45) is 5.23. The van der Waals surface area contributed by atoms with E-state index in [0.717, 1.165) is 18.7 Å². The Balaban J connectivity index is 1.78. The molecule has 0 saturated carbocycles. The highest BCUT2D eigenvalue weighted by atomic mass is 16.5. The molecular formula is C19H24N4O3. The molecule has 0 spiro atoms. The van der Waals surface area contributed by atoms with E-state index < -0.39 is 5.91 Å². The number of hydrogen-bond acceptors (Lipinski definition) is 4. The number of hydrogen-bond donors (Lipinski definition) is 1. The van der Waals surface area contributed by atoms with Crippen LogP contribution < -0.4 is 10.5 Å². The lowest BCUT2D eigenvalue weighted by Crippen LogP contribution is -2.40. The van der Waals surface area contributed by atoms with Crippen LogP contribution in [0.2, 0.25) is 0 Å². The van der Waals surface area contributed by atoms with E-state index in [0.29, 0.717) is 31.0 Å². The van der Waals surface area contributed by atoms with E-state index in [1.54, 1.807) is 23.0 Å². The third-order valence-corrected chi connectivity index (χ3v) is 4.56. The third kappa shape index (κ3) is 3.87. The summed E-state index contributed by atoms with van der Waals surface area (Å²) in [5.41, 5.74) is 5.89. The van der Waals surface area contributed by atoms with Crippen molar-refractivity contribution in [3.8, 4) is 5.75 Å². The van der Waals surface area contributed by atoms with Gasteiger partial charge in [0.15, 0.2) is 0 Å². The predicted molar refractivity (Wildman–Crippen MR) is 96.9 cm³/mol. The molecule has 7 nitrogen and oxygen atoms in total. The number of nitrogens with two attached hydrogens (primary N) is 1. The fourth-order valence-corrected chi connectivity index (χ4v) is 3.45. The summed E-state index contributed by atoms with van der Waals surface area (Å²) in [5.74, 6) is 1.06. The number of carbonyl (C=O) groups excluding carboxylic acids is 2. The van der Waals surface area contributed by atoms with Crippen molar-refractivity contribution in [2.24, 2.45) is 5.73 Å². The minimum Gasteiger partial charge on any atom is -0.493 e. The van der Waals surface area contributed by atoms with Gasteiger partial charge in [-0.15, -0.1) is 0 Å². The lowest BCUT2D eigenvalue weighted by Gasteiger charge is -2.33. The van der Waals surface area contributed by atoms with Crippen molar-refractivity contribution >= 4 is 11.8 Å². The second kappa shape index (κ2) is 8.03. The van der Waals surface area contributed by atoms with Gasteiger partial charge in [-0.3, -0.25) is 9.59 Å². The van der Waals surface area contributed by atoms with E-state index >= 15 is 0 Å².